The number of aromatic amines is 1. The number of aromatic nitrogens is 2. The zero-order chi connectivity index (χ0) is 13.1. The number of primary amides is 1. The highest BCUT2D eigenvalue weighted by molar-refractivity contribution is 5.78. The topological polar surface area (TPSA) is 101 Å². The molecular weight excluding hydrogens is 230 g/mol. The van der Waals surface area contributed by atoms with Crippen LogP contribution >= 0.6 is 0 Å². The molecule has 6 nitrogen and oxygen atoms in total. The number of likely N-dealkylation sites (N-methyl/N-ethyl adjacent to an activating group) is 1. The molecule has 0 aliphatic rings. The van der Waals surface area contributed by atoms with Gasteiger partial charge in [-0.15, -0.1) is 0 Å². The van der Waals surface area contributed by atoms with E-state index in [0.717, 1.165) is 23.4 Å². The summed E-state index contributed by atoms with van der Waals surface area (Å²) >= 11 is 0. The molecule has 0 fully saturated rings. The fourth-order valence-electron chi connectivity index (χ4n) is 1.87. The molecule has 96 valence electrons. The van der Waals surface area contributed by atoms with Gasteiger partial charge in [0.25, 0.3) is 0 Å². The zero-order valence-electron chi connectivity index (χ0n) is 10.3. The molecule has 0 unspecified atom stereocenters. The van der Waals surface area contributed by atoms with E-state index in [1.165, 1.54) is 0 Å². The van der Waals surface area contributed by atoms with Crippen molar-refractivity contribution in [1.29, 1.82) is 0 Å². The number of nitrogens with zero attached hydrogens (tertiary/aromatic N) is 2. The van der Waals surface area contributed by atoms with Crippen molar-refractivity contribution < 1.29 is 4.79 Å². The van der Waals surface area contributed by atoms with Gasteiger partial charge in [-0.25, -0.2) is 4.98 Å². The van der Waals surface area contributed by atoms with Crippen LogP contribution in [-0.2, 0) is 11.3 Å². The summed E-state index contributed by atoms with van der Waals surface area (Å²) in [7, 11) is 0. The van der Waals surface area contributed by atoms with Crippen molar-refractivity contribution in [2.45, 2.75) is 13.5 Å². The number of benzene rings is 1. The van der Waals surface area contributed by atoms with Crippen molar-refractivity contribution in [2.75, 3.05) is 18.8 Å². The molecule has 1 heterocycles. The number of fused-ring (bicyclic) bond motifs is 1. The first-order chi connectivity index (χ1) is 8.58. The van der Waals surface area contributed by atoms with E-state index in [2.05, 4.69) is 9.97 Å². The number of rotatable bonds is 5. The largest absolute Gasteiger partial charge is 0.399 e. The minimum Gasteiger partial charge on any atom is -0.399 e. The molecule has 0 atom stereocenters. The fourth-order valence-corrected chi connectivity index (χ4v) is 1.87. The van der Waals surface area contributed by atoms with E-state index in [4.69, 9.17) is 11.5 Å². The maximum atomic E-state index is 10.9. The second-order valence-electron chi connectivity index (χ2n) is 4.23. The Morgan fingerprint density at radius 3 is 2.94 bits per heavy atom. The monoisotopic (exact) mass is 247 g/mol. The van der Waals surface area contributed by atoms with Gasteiger partial charge in [-0.05, 0) is 24.7 Å². The summed E-state index contributed by atoms with van der Waals surface area (Å²) in [6.45, 7) is 3.51. The summed E-state index contributed by atoms with van der Waals surface area (Å²) in [5, 5.41) is 0. The maximum Gasteiger partial charge on any atom is 0.231 e. The Labute approximate surface area is 105 Å². The van der Waals surface area contributed by atoms with Gasteiger partial charge in [-0.1, -0.05) is 6.92 Å². The van der Waals surface area contributed by atoms with E-state index in [-0.39, 0.29) is 12.5 Å². The van der Waals surface area contributed by atoms with Gasteiger partial charge < -0.3 is 16.5 Å². The van der Waals surface area contributed by atoms with Crippen LogP contribution in [0.25, 0.3) is 11.0 Å². The molecule has 1 aromatic carbocycles. The molecule has 1 aromatic heterocycles. The Bertz CT molecular complexity index is 563. The highest BCUT2D eigenvalue weighted by Gasteiger charge is 2.10. The number of nitrogens with two attached hydrogens (primary N) is 2. The Hall–Kier alpha value is -2.08. The number of amides is 1. The molecule has 2 rings (SSSR count). The molecular formula is C12H17N5O. The first-order valence-electron chi connectivity index (χ1n) is 5.83. The number of anilines is 1. The van der Waals surface area contributed by atoms with E-state index in [9.17, 15) is 4.79 Å². The van der Waals surface area contributed by atoms with Crippen LogP contribution in [0.4, 0.5) is 5.69 Å². The second-order valence-corrected chi connectivity index (χ2v) is 4.23. The number of nitrogens with one attached hydrogen (secondary N) is 1. The second kappa shape index (κ2) is 5.05. The lowest BCUT2D eigenvalue weighted by atomic mass is 10.3. The Balaban J connectivity index is 2.18. The third-order valence-electron chi connectivity index (χ3n) is 2.76. The highest BCUT2D eigenvalue weighted by Crippen LogP contribution is 2.15. The summed E-state index contributed by atoms with van der Waals surface area (Å²) in [6, 6.07) is 5.53. The molecule has 0 saturated carbocycles. The number of carbonyl (C=O) groups is 1. The van der Waals surface area contributed by atoms with Gasteiger partial charge in [0.15, 0.2) is 0 Å². The molecule has 1 amide bonds. The number of hydrogen-bond acceptors (Lipinski definition) is 4. The lowest BCUT2D eigenvalue weighted by Crippen LogP contribution is -2.33. The van der Waals surface area contributed by atoms with Crippen LogP contribution in [0.2, 0.25) is 0 Å². The third-order valence-corrected chi connectivity index (χ3v) is 2.76. The van der Waals surface area contributed by atoms with E-state index >= 15 is 0 Å². The minimum atomic E-state index is -0.336. The predicted octanol–water partition coefficient (Wildman–Crippen LogP) is 0.452. The van der Waals surface area contributed by atoms with Crippen molar-refractivity contribution in [2.24, 2.45) is 5.73 Å². The van der Waals surface area contributed by atoms with Gasteiger partial charge in [-0.3, -0.25) is 9.69 Å². The molecule has 0 aliphatic carbocycles. The standard InChI is InChI=1S/C12H17N5O/c1-2-17(6-11(14)18)7-12-15-9-4-3-8(13)5-10(9)16-12/h3-5H,2,6-7,13H2,1H3,(H2,14,18)(H,15,16). The number of hydrogen-bond donors (Lipinski definition) is 3. The number of H-pyrrole nitrogens is 1. The lowest BCUT2D eigenvalue weighted by Gasteiger charge is -2.16. The van der Waals surface area contributed by atoms with Crippen LogP contribution in [0.3, 0.4) is 0 Å². The summed E-state index contributed by atoms with van der Waals surface area (Å²) in [5.41, 5.74) is 13.4. The van der Waals surface area contributed by atoms with Crippen molar-refractivity contribution >= 4 is 22.6 Å². The van der Waals surface area contributed by atoms with Crippen LogP contribution in [0.15, 0.2) is 18.2 Å². The third kappa shape index (κ3) is 2.78. The van der Waals surface area contributed by atoms with E-state index < -0.39 is 0 Å². The molecule has 0 aliphatic heterocycles. The smallest absolute Gasteiger partial charge is 0.231 e. The van der Waals surface area contributed by atoms with Crippen molar-refractivity contribution in [3.05, 3.63) is 24.0 Å². The van der Waals surface area contributed by atoms with Crippen molar-refractivity contribution in [1.82, 2.24) is 14.9 Å². The average molecular weight is 247 g/mol. The lowest BCUT2D eigenvalue weighted by molar-refractivity contribution is -0.119. The molecule has 5 N–H and O–H groups in total. The summed E-state index contributed by atoms with van der Waals surface area (Å²) < 4.78 is 0. The van der Waals surface area contributed by atoms with Gasteiger partial charge in [-0.2, -0.15) is 0 Å². The Morgan fingerprint density at radius 1 is 1.50 bits per heavy atom. The van der Waals surface area contributed by atoms with Crippen LogP contribution in [-0.4, -0.2) is 33.9 Å². The van der Waals surface area contributed by atoms with Crippen LogP contribution in [0.5, 0.6) is 0 Å². The summed E-state index contributed by atoms with van der Waals surface area (Å²) in [4.78, 5) is 20.5. The predicted molar refractivity (Wildman–Crippen MR) is 70.7 cm³/mol. The van der Waals surface area contributed by atoms with E-state index in [1.54, 1.807) is 0 Å². The highest BCUT2D eigenvalue weighted by atomic mass is 16.1. The fraction of sp³-hybridized carbons (Fsp3) is 0.333. The molecule has 18 heavy (non-hydrogen) atoms. The van der Waals surface area contributed by atoms with Gasteiger partial charge in [0, 0.05) is 5.69 Å². The molecule has 0 radical (unpaired) electrons. The molecule has 2 aromatic rings. The first-order valence-corrected chi connectivity index (χ1v) is 5.83. The summed E-state index contributed by atoms with van der Waals surface area (Å²) in [5.74, 6) is 0.468. The van der Waals surface area contributed by atoms with Crippen molar-refractivity contribution in [3.8, 4) is 0 Å². The Kier molecular flexibility index (Phi) is 3.47. The van der Waals surface area contributed by atoms with Gasteiger partial charge >= 0.3 is 0 Å². The number of imidazole rings is 1. The first kappa shape index (κ1) is 12.4. The molecule has 0 spiro atoms. The van der Waals surface area contributed by atoms with Gasteiger partial charge in [0.05, 0.1) is 24.1 Å². The van der Waals surface area contributed by atoms with Gasteiger partial charge in [0.1, 0.15) is 5.82 Å². The van der Waals surface area contributed by atoms with Crippen molar-refractivity contribution in [3.63, 3.8) is 0 Å². The zero-order valence-corrected chi connectivity index (χ0v) is 10.3. The normalized spacial score (nSPS) is 11.2. The SMILES string of the molecule is CCN(CC(N)=O)Cc1nc2ccc(N)cc2[nH]1. The van der Waals surface area contributed by atoms with Gasteiger partial charge in [0.2, 0.25) is 5.91 Å². The molecule has 0 saturated heterocycles. The van der Waals surface area contributed by atoms with E-state index in [0.29, 0.717) is 12.2 Å². The Morgan fingerprint density at radius 2 is 2.28 bits per heavy atom. The number of nitrogen functional groups attached to an aromatic ring is 1. The van der Waals surface area contributed by atoms with Crippen LogP contribution in [0, 0.1) is 0 Å². The average Bonchev–Trinajstić information content (AvgIpc) is 2.68. The minimum absolute atomic E-state index is 0.232. The molecule has 6 heteroatoms. The molecule has 0 bridgehead atoms. The maximum absolute atomic E-state index is 10.9. The van der Waals surface area contributed by atoms with Crippen LogP contribution < -0.4 is 11.5 Å². The summed E-state index contributed by atoms with van der Waals surface area (Å²) in [6.07, 6.45) is 0. The quantitative estimate of drug-likeness (QED) is 0.668. The van der Waals surface area contributed by atoms with Crippen LogP contribution in [0.1, 0.15) is 12.7 Å². The van der Waals surface area contributed by atoms with E-state index in [1.807, 2.05) is 30.0 Å². The number of carbonyl (C=O) groups excluding carboxylic acids is 1.